The number of anilines is 1. The molecule has 2 aromatic carbocycles. The van der Waals surface area contributed by atoms with Gasteiger partial charge in [-0.15, -0.1) is 0 Å². The largest absolute Gasteiger partial charge is 0.485 e. The summed E-state index contributed by atoms with van der Waals surface area (Å²) in [6.07, 6.45) is 0. The fourth-order valence-electron chi connectivity index (χ4n) is 3.00. The van der Waals surface area contributed by atoms with Gasteiger partial charge >= 0.3 is 0 Å². The normalized spacial score (nSPS) is 11.1. The monoisotopic (exact) mass is 420 g/mol. The Hall–Kier alpha value is -3.54. The van der Waals surface area contributed by atoms with E-state index in [1.165, 1.54) is 5.56 Å². The Balaban J connectivity index is 1.57. The van der Waals surface area contributed by atoms with Crippen LogP contribution in [-0.4, -0.2) is 17.4 Å². The van der Waals surface area contributed by atoms with Crippen LogP contribution in [-0.2, 0) is 6.61 Å². The summed E-state index contributed by atoms with van der Waals surface area (Å²) in [5.41, 5.74) is 3.00. The quantitative estimate of drug-likeness (QED) is 0.570. The Morgan fingerprint density at radius 1 is 0.935 bits per heavy atom. The summed E-state index contributed by atoms with van der Waals surface area (Å²) in [7, 11) is 0. The Bertz CT molecular complexity index is 1080. The Morgan fingerprint density at radius 3 is 2.29 bits per heavy atom. The fraction of sp³-hybridized carbons (Fsp3) is 0.280. The molecule has 0 aliphatic heterocycles. The number of nitrogens with one attached hydrogen (secondary N) is 2. The predicted molar refractivity (Wildman–Crippen MR) is 121 cm³/mol. The van der Waals surface area contributed by atoms with Crippen molar-refractivity contribution >= 4 is 17.5 Å². The lowest BCUT2D eigenvalue weighted by molar-refractivity contribution is 0.0919. The highest BCUT2D eigenvalue weighted by Gasteiger charge is 2.16. The van der Waals surface area contributed by atoms with E-state index in [1.54, 1.807) is 36.4 Å². The second kappa shape index (κ2) is 9.08. The van der Waals surface area contributed by atoms with Crippen molar-refractivity contribution in [1.82, 2.24) is 5.32 Å². The zero-order valence-electron chi connectivity index (χ0n) is 18.5. The van der Waals surface area contributed by atoms with E-state index in [9.17, 15) is 9.59 Å². The lowest BCUT2D eigenvalue weighted by atomic mass is 10.1. The molecule has 3 rings (SSSR count). The van der Waals surface area contributed by atoms with Gasteiger partial charge in [0.1, 0.15) is 18.1 Å². The lowest BCUT2D eigenvalue weighted by Gasteiger charge is -2.20. The number of hydrogen-bond acceptors (Lipinski definition) is 4. The van der Waals surface area contributed by atoms with Crippen LogP contribution in [0.3, 0.4) is 0 Å². The first-order valence-electron chi connectivity index (χ1n) is 10.1. The Kier molecular flexibility index (Phi) is 6.49. The van der Waals surface area contributed by atoms with E-state index in [0.717, 1.165) is 11.3 Å². The van der Waals surface area contributed by atoms with Crippen LogP contribution in [0.1, 0.15) is 58.6 Å². The molecule has 1 aromatic heterocycles. The van der Waals surface area contributed by atoms with Gasteiger partial charge in [-0.2, -0.15) is 0 Å². The first kappa shape index (κ1) is 22.2. The van der Waals surface area contributed by atoms with Gasteiger partial charge in [-0.3, -0.25) is 9.59 Å². The summed E-state index contributed by atoms with van der Waals surface area (Å²) < 4.78 is 11.4. The third-order valence-electron chi connectivity index (χ3n) is 4.48. The SMILES string of the molecule is Cc1ccc(OCc2ccc(C(=O)Nc3ccc(C(=O)NC(C)(C)C)cc3)o2)c(C)c1. The molecule has 162 valence electrons. The van der Waals surface area contributed by atoms with Gasteiger partial charge in [0.05, 0.1) is 0 Å². The maximum atomic E-state index is 12.5. The van der Waals surface area contributed by atoms with Crippen LogP contribution < -0.4 is 15.4 Å². The van der Waals surface area contributed by atoms with Gasteiger partial charge in [0.2, 0.25) is 0 Å². The molecular weight excluding hydrogens is 392 g/mol. The summed E-state index contributed by atoms with van der Waals surface area (Å²) >= 11 is 0. The average Bonchev–Trinajstić information content (AvgIpc) is 3.16. The molecule has 0 fully saturated rings. The molecule has 0 aliphatic carbocycles. The number of amides is 2. The van der Waals surface area contributed by atoms with Crippen molar-refractivity contribution in [3.8, 4) is 5.75 Å². The molecule has 6 nitrogen and oxygen atoms in total. The lowest BCUT2D eigenvalue weighted by Crippen LogP contribution is -2.40. The molecule has 2 amide bonds. The Morgan fingerprint density at radius 2 is 1.65 bits per heavy atom. The first-order valence-corrected chi connectivity index (χ1v) is 10.1. The molecule has 0 spiro atoms. The predicted octanol–water partition coefficient (Wildman–Crippen LogP) is 5.26. The second-order valence-corrected chi connectivity index (χ2v) is 8.56. The number of benzene rings is 2. The molecule has 0 unspecified atom stereocenters. The van der Waals surface area contributed by atoms with Crippen molar-refractivity contribution in [3.63, 3.8) is 0 Å². The first-order chi connectivity index (χ1) is 14.6. The third kappa shape index (κ3) is 6.22. The highest BCUT2D eigenvalue weighted by Crippen LogP contribution is 2.21. The second-order valence-electron chi connectivity index (χ2n) is 8.56. The minimum atomic E-state index is -0.371. The smallest absolute Gasteiger partial charge is 0.291 e. The third-order valence-corrected chi connectivity index (χ3v) is 4.48. The van der Waals surface area contributed by atoms with Crippen LogP contribution >= 0.6 is 0 Å². The summed E-state index contributed by atoms with van der Waals surface area (Å²) in [5, 5.41) is 5.67. The van der Waals surface area contributed by atoms with E-state index in [0.29, 0.717) is 17.0 Å². The van der Waals surface area contributed by atoms with Gasteiger partial charge in [-0.1, -0.05) is 17.7 Å². The molecule has 0 saturated heterocycles. The van der Waals surface area contributed by atoms with E-state index in [2.05, 4.69) is 10.6 Å². The maximum absolute atomic E-state index is 12.5. The number of carbonyl (C=O) groups is 2. The van der Waals surface area contributed by atoms with E-state index in [4.69, 9.17) is 9.15 Å². The fourth-order valence-corrected chi connectivity index (χ4v) is 3.00. The summed E-state index contributed by atoms with van der Waals surface area (Å²) in [4.78, 5) is 24.7. The van der Waals surface area contributed by atoms with Crippen molar-refractivity contribution in [2.75, 3.05) is 5.32 Å². The molecule has 31 heavy (non-hydrogen) atoms. The molecule has 1 heterocycles. The molecule has 6 heteroatoms. The number of carbonyl (C=O) groups excluding carboxylic acids is 2. The summed E-state index contributed by atoms with van der Waals surface area (Å²) in [5.74, 6) is 0.992. The number of rotatable bonds is 6. The molecule has 3 aromatic rings. The van der Waals surface area contributed by atoms with E-state index in [-0.39, 0.29) is 29.7 Å². The van der Waals surface area contributed by atoms with Gasteiger partial charge < -0.3 is 19.8 Å². The van der Waals surface area contributed by atoms with E-state index in [1.807, 2.05) is 52.8 Å². The number of furan rings is 1. The van der Waals surface area contributed by atoms with E-state index >= 15 is 0 Å². The van der Waals surface area contributed by atoms with Gasteiger partial charge in [0, 0.05) is 16.8 Å². The van der Waals surface area contributed by atoms with Crippen LogP contribution in [0.5, 0.6) is 5.75 Å². The standard InChI is InChI=1S/C25H28N2O4/c1-16-6-12-21(17(2)14-16)30-15-20-11-13-22(31-20)24(29)26-19-9-7-18(8-10-19)23(28)27-25(3,4)5/h6-14H,15H2,1-5H3,(H,26,29)(H,27,28). The molecule has 0 saturated carbocycles. The topological polar surface area (TPSA) is 80.6 Å². The Labute approximate surface area is 182 Å². The molecule has 0 aliphatic rings. The van der Waals surface area contributed by atoms with Crippen molar-refractivity contribution in [2.24, 2.45) is 0 Å². The minimum absolute atomic E-state index is 0.162. The molecular formula is C25H28N2O4. The van der Waals surface area contributed by atoms with Gasteiger partial charge in [0.15, 0.2) is 5.76 Å². The number of hydrogen-bond donors (Lipinski definition) is 2. The minimum Gasteiger partial charge on any atom is -0.485 e. The zero-order chi connectivity index (χ0) is 22.6. The van der Waals surface area contributed by atoms with Crippen LogP contribution in [0.25, 0.3) is 0 Å². The van der Waals surface area contributed by atoms with Crippen molar-refractivity contribution in [1.29, 1.82) is 0 Å². The number of aryl methyl sites for hydroxylation is 2. The highest BCUT2D eigenvalue weighted by molar-refractivity contribution is 6.02. The van der Waals surface area contributed by atoms with Crippen LogP contribution in [0, 0.1) is 13.8 Å². The zero-order valence-corrected chi connectivity index (χ0v) is 18.5. The van der Waals surface area contributed by atoms with Crippen LogP contribution in [0.15, 0.2) is 59.0 Å². The molecule has 0 bridgehead atoms. The van der Waals surface area contributed by atoms with Crippen molar-refractivity contribution in [2.45, 2.75) is 46.8 Å². The van der Waals surface area contributed by atoms with Gasteiger partial charge in [0.25, 0.3) is 11.8 Å². The van der Waals surface area contributed by atoms with Crippen molar-refractivity contribution < 1.29 is 18.7 Å². The van der Waals surface area contributed by atoms with Gasteiger partial charge in [-0.05, 0) is 82.6 Å². The molecule has 0 radical (unpaired) electrons. The van der Waals surface area contributed by atoms with E-state index < -0.39 is 0 Å². The van der Waals surface area contributed by atoms with Crippen LogP contribution in [0.4, 0.5) is 5.69 Å². The average molecular weight is 421 g/mol. The number of ether oxygens (including phenoxy) is 1. The van der Waals surface area contributed by atoms with Crippen LogP contribution in [0.2, 0.25) is 0 Å². The summed E-state index contributed by atoms with van der Waals surface area (Å²) in [6.45, 7) is 10.0. The molecule has 2 N–H and O–H groups in total. The van der Waals surface area contributed by atoms with Gasteiger partial charge in [-0.25, -0.2) is 0 Å². The molecule has 0 atom stereocenters. The highest BCUT2D eigenvalue weighted by atomic mass is 16.5. The summed E-state index contributed by atoms with van der Waals surface area (Å²) in [6, 6.07) is 16.0. The maximum Gasteiger partial charge on any atom is 0.291 e. The van der Waals surface area contributed by atoms with Crippen molar-refractivity contribution in [3.05, 3.63) is 82.8 Å².